The number of hydrogen-bond acceptors (Lipinski definition) is 4. The van der Waals surface area contributed by atoms with Crippen molar-refractivity contribution >= 4 is 39.2 Å². The van der Waals surface area contributed by atoms with Crippen molar-refractivity contribution in [3.63, 3.8) is 0 Å². The van der Waals surface area contributed by atoms with E-state index in [1.54, 1.807) is 6.07 Å². The van der Waals surface area contributed by atoms with Crippen LogP contribution < -0.4 is 9.84 Å². The third-order valence-electron chi connectivity index (χ3n) is 1.42. The summed E-state index contributed by atoms with van der Waals surface area (Å²) in [7, 11) is 0. The van der Waals surface area contributed by atoms with Crippen LogP contribution >= 0.6 is 0 Å². The molecule has 0 saturated carbocycles. The Bertz CT molecular complexity index is 457. The molecule has 0 N–H and O–H groups in total. The Hall–Kier alpha value is -1.34. The zero-order valence-corrected chi connectivity index (χ0v) is 14.4. The van der Waals surface area contributed by atoms with Gasteiger partial charge in [0.2, 0.25) is 0 Å². The van der Waals surface area contributed by atoms with Crippen LogP contribution in [-0.4, -0.2) is 51.6 Å². The Kier molecular flexibility index (Phi) is 9.24. The van der Waals surface area contributed by atoms with E-state index >= 15 is 0 Å². The standard InChI is InChI=1S/C8H5F3O2.C2HF3O2.Tl/c9-8(10,11)7(12)13-6-4-2-1-3-5-6;3-2(4,5)1(6)7;/h1-5H;(H,6,7);/q;;+1/p-1. The summed E-state index contributed by atoms with van der Waals surface area (Å²) in [6.45, 7) is 0. The summed E-state index contributed by atoms with van der Waals surface area (Å²) >= 11 is 0. The summed E-state index contributed by atoms with van der Waals surface area (Å²) < 4.78 is 70.5. The number of ether oxygens (including phenoxy) is 1. The molecule has 1 aromatic rings. The zero-order valence-electron chi connectivity index (χ0n) is 9.86. The molecule has 4 nitrogen and oxygen atoms in total. The number of carboxylic acids is 1. The molecular weight excluding hydrogens is 502 g/mol. The number of alkyl halides is 6. The number of carboxylic acid groups (broad SMARTS) is 1. The van der Waals surface area contributed by atoms with Crippen molar-refractivity contribution in [3.8, 4) is 5.75 Å². The van der Waals surface area contributed by atoms with Crippen molar-refractivity contribution in [3.05, 3.63) is 30.3 Å². The first kappa shape index (κ1) is 22.0. The molecule has 0 saturated heterocycles. The first-order chi connectivity index (χ1) is 8.94. The van der Waals surface area contributed by atoms with Gasteiger partial charge in [0.1, 0.15) is 11.7 Å². The van der Waals surface area contributed by atoms with E-state index in [-0.39, 0.29) is 33.0 Å². The van der Waals surface area contributed by atoms with Crippen LogP contribution in [0.5, 0.6) is 5.75 Å². The predicted molar refractivity (Wildman–Crippen MR) is 54.9 cm³/mol. The minimum atomic E-state index is -5.19. The number of aliphatic carboxylic acids is 1. The van der Waals surface area contributed by atoms with Gasteiger partial charge >= 0.3 is 45.6 Å². The van der Waals surface area contributed by atoms with E-state index in [2.05, 4.69) is 4.74 Å². The maximum Gasteiger partial charge on any atom is 1.00 e. The van der Waals surface area contributed by atoms with Crippen LogP contribution in [-0.2, 0) is 9.59 Å². The first-order valence-electron chi connectivity index (χ1n) is 4.57. The molecule has 0 heterocycles. The van der Waals surface area contributed by atoms with E-state index in [0.717, 1.165) is 0 Å². The fourth-order valence-electron chi connectivity index (χ4n) is 0.653. The summed E-state index contributed by atoms with van der Waals surface area (Å²) in [5, 5.41) is 8.78. The Labute approximate surface area is 133 Å². The molecule has 0 aliphatic rings. The molecular formula is C10H5F6O4Tl. The Morgan fingerprint density at radius 2 is 1.29 bits per heavy atom. The minimum absolute atomic E-state index is 0. The predicted octanol–water partition coefficient (Wildman–Crippen LogP) is 1.07. The second-order valence-electron chi connectivity index (χ2n) is 2.99. The van der Waals surface area contributed by atoms with Gasteiger partial charge in [-0.2, -0.15) is 26.3 Å². The summed E-state index contributed by atoms with van der Waals surface area (Å²) in [5.74, 6) is -5.34. The molecule has 0 unspecified atom stereocenters. The van der Waals surface area contributed by atoms with Crippen LogP contribution in [0.2, 0.25) is 0 Å². The van der Waals surface area contributed by atoms with Crippen LogP contribution in [0.15, 0.2) is 30.3 Å². The van der Waals surface area contributed by atoms with Gasteiger partial charge in [0.25, 0.3) is 0 Å². The summed E-state index contributed by atoms with van der Waals surface area (Å²) in [5.41, 5.74) is 0. The van der Waals surface area contributed by atoms with E-state index in [0.29, 0.717) is 0 Å². The molecule has 0 spiro atoms. The minimum Gasteiger partial charge on any atom is -0.542 e. The maximum atomic E-state index is 11.7. The van der Waals surface area contributed by atoms with Gasteiger partial charge < -0.3 is 14.6 Å². The van der Waals surface area contributed by atoms with Gasteiger partial charge in [-0.25, -0.2) is 4.79 Å². The fraction of sp³-hybridized carbons (Fsp3) is 0.200. The van der Waals surface area contributed by atoms with Gasteiger partial charge in [-0.05, 0) is 12.1 Å². The van der Waals surface area contributed by atoms with Crippen molar-refractivity contribution in [2.24, 2.45) is 0 Å². The summed E-state index contributed by atoms with van der Waals surface area (Å²) in [4.78, 5) is 19.1. The van der Waals surface area contributed by atoms with Gasteiger partial charge in [-0.3, -0.25) is 0 Å². The average molecular weight is 508 g/mol. The molecule has 21 heavy (non-hydrogen) atoms. The van der Waals surface area contributed by atoms with E-state index in [4.69, 9.17) is 9.90 Å². The van der Waals surface area contributed by atoms with E-state index in [1.807, 2.05) is 0 Å². The third-order valence-corrected chi connectivity index (χ3v) is 1.42. The molecule has 0 bridgehead atoms. The second kappa shape index (κ2) is 8.84. The number of rotatable bonds is 1. The molecule has 0 aliphatic heterocycles. The largest absolute Gasteiger partial charge is 1.00 e. The smallest absolute Gasteiger partial charge is 0.542 e. The molecule has 0 atom stereocenters. The number of para-hydroxylation sites is 1. The van der Waals surface area contributed by atoms with Gasteiger partial charge in [-0.1, -0.05) is 18.2 Å². The number of halogens is 6. The Balaban J connectivity index is 0. The number of carbonyl (C=O) groups is 2. The molecule has 114 valence electrons. The van der Waals surface area contributed by atoms with Gasteiger partial charge in [0, 0.05) is 0 Å². The van der Waals surface area contributed by atoms with Crippen molar-refractivity contribution in [2.45, 2.75) is 12.4 Å². The number of hydrogen-bond donors (Lipinski definition) is 0. The quantitative estimate of drug-likeness (QED) is 0.247. The molecule has 1 rings (SSSR count). The molecule has 0 aromatic heterocycles. The molecule has 1 aromatic carbocycles. The summed E-state index contributed by atoms with van der Waals surface area (Å²) in [6, 6.07) is 7.08. The average Bonchev–Trinajstić information content (AvgIpc) is 2.28. The summed E-state index contributed by atoms with van der Waals surface area (Å²) in [6.07, 6.45) is -10.1. The number of carbonyl (C=O) groups excluding carboxylic acids is 2. The molecule has 0 radical (unpaired) electrons. The Morgan fingerprint density at radius 1 is 0.905 bits per heavy atom. The topological polar surface area (TPSA) is 66.4 Å². The number of benzene rings is 1. The fourth-order valence-corrected chi connectivity index (χ4v) is 0.653. The van der Waals surface area contributed by atoms with Gasteiger partial charge in [0.15, 0.2) is 0 Å². The Morgan fingerprint density at radius 3 is 1.57 bits per heavy atom. The molecule has 0 aliphatic carbocycles. The van der Waals surface area contributed by atoms with Crippen molar-refractivity contribution < 1.29 is 45.8 Å². The normalized spacial score (nSPS) is 10.6. The van der Waals surface area contributed by atoms with Gasteiger partial charge in [-0.15, -0.1) is 0 Å². The number of esters is 1. The van der Waals surface area contributed by atoms with Crippen molar-refractivity contribution in [1.82, 2.24) is 0 Å². The van der Waals surface area contributed by atoms with E-state index < -0.39 is 24.3 Å². The molecule has 0 amide bonds. The van der Waals surface area contributed by atoms with Crippen LogP contribution in [0.4, 0.5) is 26.3 Å². The molecule has 0 fully saturated rings. The SMILES string of the molecule is O=C(Oc1ccccc1)C(F)(F)F.O=C([O-])C(F)(F)F.[Tl+]. The van der Waals surface area contributed by atoms with E-state index in [9.17, 15) is 31.1 Å². The zero-order chi connectivity index (χ0) is 16.0. The van der Waals surface area contributed by atoms with Crippen molar-refractivity contribution in [2.75, 3.05) is 0 Å². The van der Waals surface area contributed by atoms with Crippen molar-refractivity contribution in [1.29, 1.82) is 0 Å². The first-order valence-corrected chi connectivity index (χ1v) is 4.57. The van der Waals surface area contributed by atoms with Crippen LogP contribution in [0.1, 0.15) is 0 Å². The van der Waals surface area contributed by atoms with E-state index in [1.165, 1.54) is 24.3 Å². The van der Waals surface area contributed by atoms with Gasteiger partial charge in [0.05, 0.1) is 0 Å². The van der Waals surface area contributed by atoms with Crippen LogP contribution in [0.25, 0.3) is 0 Å². The third kappa shape index (κ3) is 10.1. The monoisotopic (exact) mass is 508 g/mol. The van der Waals surface area contributed by atoms with Crippen LogP contribution in [0, 0.1) is 0 Å². The maximum absolute atomic E-state index is 11.7. The molecule has 11 heteroatoms. The van der Waals surface area contributed by atoms with Crippen LogP contribution in [0.3, 0.4) is 0 Å². The second-order valence-corrected chi connectivity index (χ2v) is 2.99.